The number of halogens is 2. The van der Waals surface area contributed by atoms with Crippen LogP contribution in [0.1, 0.15) is 27.2 Å². The summed E-state index contributed by atoms with van der Waals surface area (Å²) in [6.45, 7) is 6.57. The second-order valence-electron chi connectivity index (χ2n) is 10.1. The van der Waals surface area contributed by atoms with Crippen LogP contribution in [0.15, 0.2) is 48.8 Å². The van der Waals surface area contributed by atoms with Crippen LogP contribution < -0.4 is 20.7 Å². The van der Waals surface area contributed by atoms with E-state index in [1.807, 2.05) is 19.0 Å². The zero-order valence-electron chi connectivity index (χ0n) is 23.2. The molecule has 0 fully saturated rings. The van der Waals surface area contributed by atoms with Crippen LogP contribution in [0.4, 0.5) is 26.4 Å². The summed E-state index contributed by atoms with van der Waals surface area (Å²) in [5.41, 5.74) is 0.899. The molecule has 1 aromatic heterocycles. The van der Waals surface area contributed by atoms with E-state index in [2.05, 4.69) is 25.9 Å². The minimum Gasteiger partial charge on any atom is -0.491 e. The maximum atomic E-state index is 13.6. The highest BCUT2D eigenvalue weighted by atomic mass is 35.5. The lowest BCUT2D eigenvalue weighted by atomic mass is 10.1. The van der Waals surface area contributed by atoms with E-state index in [1.165, 1.54) is 30.6 Å². The van der Waals surface area contributed by atoms with Gasteiger partial charge < -0.3 is 30.3 Å². The molecule has 0 bridgehead atoms. The summed E-state index contributed by atoms with van der Waals surface area (Å²) in [4.78, 5) is 35.1. The molecule has 2 aromatic carbocycles. The minimum atomic E-state index is -0.585. The second kappa shape index (κ2) is 13.9. The number of carbonyl (C=O) groups is 2. The third-order valence-corrected chi connectivity index (χ3v) is 5.45. The summed E-state index contributed by atoms with van der Waals surface area (Å²) in [6, 6.07) is 7.64. The Hall–Kier alpha value is -3.96. The fourth-order valence-corrected chi connectivity index (χ4v) is 3.60. The van der Waals surface area contributed by atoms with Crippen molar-refractivity contribution in [3.05, 3.63) is 59.7 Å². The fourth-order valence-electron chi connectivity index (χ4n) is 3.42. The normalized spacial score (nSPS) is 11.6. The van der Waals surface area contributed by atoms with E-state index >= 15 is 0 Å². The molecular weight excluding hydrogens is 539 g/mol. The number of aromatic nitrogens is 2. The van der Waals surface area contributed by atoms with Gasteiger partial charge in [0, 0.05) is 36.3 Å². The Morgan fingerprint density at radius 2 is 1.93 bits per heavy atom. The quantitative estimate of drug-likeness (QED) is 0.203. The van der Waals surface area contributed by atoms with Crippen molar-refractivity contribution < 1.29 is 23.5 Å². The molecule has 3 aromatic rings. The van der Waals surface area contributed by atoms with E-state index in [4.69, 9.17) is 21.1 Å². The van der Waals surface area contributed by atoms with E-state index in [-0.39, 0.29) is 17.5 Å². The molecule has 12 heteroatoms. The molecule has 214 valence electrons. The van der Waals surface area contributed by atoms with Crippen molar-refractivity contribution in [2.45, 2.75) is 32.8 Å². The molecule has 0 spiro atoms. The van der Waals surface area contributed by atoms with E-state index in [0.29, 0.717) is 53.4 Å². The van der Waals surface area contributed by atoms with E-state index in [1.54, 1.807) is 39.0 Å². The Bertz CT molecular complexity index is 1380. The Morgan fingerprint density at radius 1 is 1.15 bits per heavy atom. The largest absolute Gasteiger partial charge is 0.491 e. The lowest BCUT2D eigenvalue weighted by Gasteiger charge is -2.19. The number of amides is 2. The summed E-state index contributed by atoms with van der Waals surface area (Å²) in [6.07, 6.45) is 4.56. The van der Waals surface area contributed by atoms with Gasteiger partial charge in [0.25, 0.3) is 0 Å². The van der Waals surface area contributed by atoms with Crippen LogP contribution in [0, 0.1) is 5.82 Å². The van der Waals surface area contributed by atoms with E-state index in [0.717, 1.165) is 0 Å². The zero-order chi connectivity index (χ0) is 29.3. The van der Waals surface area contributed by atoms with Gasteiger partial charge in [-0.2, -0.15) is 0 Å². The number of ether oxygens (including phenoxy) is 2. The second-order valence-corrected chi connectivity index (χ2v) is 10.5. The number of alkyl carbamates (subject to hydrolysis) is 1. The molecule has 0 unspecified atom stereocenters. The number of hydrogen-bond acceptors (Lipinski definition) is 8. The first-order valence-electron chi connectivity index (χ1n) is 12.6. The van der Waals surface area contributed by atoms with Crippen LogP contribution in [0.5, 0.6) is 5.75 Å². The van der Waals surface area contributed by atoms with Crippen LogP contribution in [-0.4, -0.2) is 66.3 Å². The number of carbonyl (C=O) groups excluding carboxylic acids is 2. The van der Waals surface area contributed by atoms with Gasteiger partial charge in [-0.3, -0.25) is 4.79 Å². The van der Waals surface area contributed by atoms with Gasteiger partial charge in [0.1, 0.15) is 29.3 Å². The maximum Gasteiger partial charge on any atom is 0.407 e. The van der Waals surface area contributed by atoms with Crippen molar-refractivity contribution >= 4 is 51.7 Å². The van der Waals surface area contributed by atoms with Crippen LogP contribution >= 0.6 is 11.6 Å². The van der Waals surface area contributed by atoms with Gasteiger partial charge in [-0.15, -0.1) is 0 Å². The predicted octanol–water partition coefficient (Wildman–Crippen LogP) is 5.52. The van der Waals surface area contributed by atoms with Crippen molar-refractivity contribution in [3.63, 3.8) is 0 Å². The standard InChI is InChI=1S/C28H34ClFN6O4/c1-28(2,3)40-27(38)31-11-7-13-39-24-16-22-19(15-23(24)35-25(37)8-6-12-36(4)5)26(33-17-32-22)34-18-9-10-21(30)20(29)14-18/h6,8-10,14-17H,7,11-13H2,1-5H3,(H,31,38)(H,35,37)(H,32,33,34). The Morgan fingerprint density at radius 3 is 2.62 bits per heavy atom. The van der Waals surface area contributed by atoms with Gasteiger partial charge in [0.15, 0.2) is 0 Å². The third kappa shape index (κ3) is 9.65. The van der Waals surface area contributed by atoms with Gasteiger partial charge in [-0.1, -0.05) is 17.7 Å². The SMILES string of the molecule is CN(C)CC=CC(=O)Nc1cc2c(Nc3ccc(F)c(Cl)c3)ncnc2cc1OCCCNC(=O)OC(C)(C)C. The van der Waals surface area contributed by atoms with Gasteiger partial charge in [0.05, 0.1) is 22.8 Å². The van der Waals surface area contributed by atoms with Crippen LogP contribution in [0.25, 0.3) is 10.9 Å². The van der Waals surface area contributed by atoms with Gasteiger partial charge in [-0.05, 0) is 65.6 Å². The van der Waals surface area contributed by atoms with Crippen LogP contribution in [0.3, 0.4) is 0 Å². The molecule has 0 radical (unpaired) electrons. The number of likely N-dealkylation sites (N-methyl/N-ethyl adjacent to an activating group) is 1. The molecule has 0 atom stereocenters. The van der Waals surface area contributed by atoms with Crippen molar-refractivity contribution in [2.24, 2.45) is 0 Å². The zero-order valence-corrected chi connectivity index (χ0v) is 23.9. The predicted molar refractivity (Wildman–Crippen MR) is 155 cm³/mol. The molecule has 1 heterocycles. The van der Waals surface area contributed by atoms with Crippen LogP contribution in [0.2, 0.25) is 5.02 Å². The number of fused-ring (bicyclic) bond motifs is 1. The number of anilines is 3. The molecule has 40 heavy (non-hydrogen) atoms. The molecule has 10 nitrogen and oxygen atoms in total. The highest BCUT2D eigenvalue weighted by Gasteiger charge is 2.16. The molecule has 0 saturated heterocycles. The molecule has 3 rings (SSSR count). The average molecular weight is 573 g/mol. The molecule has 0 aliphatic carbocycles. The Kier molecular flexibility index (Phi) is 10.6. The molecular formula is C28H34ClFN6O4. The fraction of sp³-hybridized carbons (Fsp3) is 0.357. The molecule has 0 aliphatic heterocycles. The summed E-state index contributed by atoms with van der Waals surface area (Å²) < 4.78 is 24.8. The van der Waals surface area contributed by atoms with E-state index < -0.39 is 17.5 Å². The van der Waals surface area contributed by atoms with Crippen molar-refractivity contribution in [1.82, 2.24) is 20.2 Å². The first kappa shape index (κ1) is 30.6. The van der Waals surface area contributed by atoms with Crippen molar-refractivity contribution in [3.8, 4) is 5.75 Å². The first-order chi connectivity index (χ1) is 18.9. The van der Waals surface area contributed by atoms with E-state index in [9.17, 15) is 14.0 Å². The summed E-state index contributed by atoms with van der Waals surface area (Å²) in [7, 11) is 3.80. The number of rotatable bonds is 11. The van der Waals surface area contributed by atoms with Gasteiger partial charge in [0.2, 0.25) is 5.91 Å². The number of nitrogens with zero attached hydrogens (tertiary/aromatic N) is 3. The lowest BCUT2D eigenvalue weighted by molar-refractivity contribution is -0.111. The third-order valence-electron chi connectivity index (χ3n) is 5.16. The molecule has 0 aliphatic rings. The molecule has 0 saturated carbocycles. The van der Waals surface area contributed by atoms with Crippen molar-refractivity contribution in [2.75, 3.05) is 44.4 Å². The lowest BCUT2D eigenvalue weighted by Crippen LogP contribution is -2.33. The highest BCUT2D eigenvalue weighted by Crippen LogP contribution is 2.34. The summed E-state index contributed by atoms with van der Waals surface area (Å²) >= 11 is 5.93. The topological polar surface area (TPSA) is 118 Å². The summed E-state index contributed by atoms with van der Waals surface area (Å²) in [5, 5.41) is 9.23. The van der Waals surface area contributed by atoms with Gasteiger partial charge in [-0.25, -0.2) is 19.2 Å². The average Bonchev–Trinajstić information content (AvgIpc) is 2.85. The number of hydrogen-bond donors (Lipinski definition) is 3. The maximum absolute atomic E-state index is 13.6. The van der Waals surface area contributed by atoms with Crippen LogP contribution in [-0.2, 0) is 9.53 Å². The monoisotopic (exact) mass is 572 g/mol. The van der Waals surface area contributed by atoms with Gasteiger partial charge >= 0.3 is 6.09 Å². The number of benzene rings is 2. The Labute approximate surface area is 237 Å². The molecule has 3 N–H and O–H groups in total. The highest BCUT2D eigenvalue weighted by molar-refractivity contribution is 6.31. The summed E-state index contributed by atoms with van der Waals surface area (Å²) in [5.74, 6) is -0.0440. The minimum absolute atomic E-state index is 0.0299. The number of nitrogens with one attached hydrogen (secondary N) is 3. The molecule has 2 amide bonds. The Balaban J connectivity index is 1.81. The first-order valence-corrected chi connectivity index (χ1v) is 13.0. The smallest absolute Gasteiger partial charge is 0.407 e. The van der Waals surface area contributed by atoms with Crippen molar-refractivity contribution in [1.29, 1.82) is 0 Å².